The second kappa shape index (κ2) is 10.4. The van der Waals surface area contributed by atoms with Crippen molar-refractivity contribution in [3.63, 3.8) is 0 Å². The van der Waals surface area contributed by atoms with Gasteiger partial charge in [0.2, 0.25) is 0 Å². The molecule has 6 nitrogen and oxygen atoms in total. The van der Waals surface area contributed by atoms with Crippen LogP contribution in [0.3, 0.4) is 0 Å². The van der Waals surface area contributed by atoms with Crippen molar-refractivity contribution in [3.05, 3.63) is 91.9 Å². The molecule has 0 radical (unpaired) electrons. The van der Waals surface area contributed by atoms with E-state index in [1.165, 1.54) is 13.3 Å². The van der Waals surface area contributed by atoms with E-state index in [1.54, 1.807) is 42.5 Å². The summed E-state index contributed by atoms with van der Waals surface area (Å²) in [6.07, 6.45) is 1.47. The standard InChI is InChI=1S/C23H18Br2N2O4/c1-14-6-8-16(9-7-14)23(29)31-21-19(25)10-15(11-20(21)30-2)13-26-27-22(28)17-4-3-5-18(24)12-17/h3-13H,1-2H3,(H,27,28). The molecule has 8 heteroatoms. The highest BCUT2D eigenvalue weighted by Crippen LogP contribution is 2.36. The first kappa shape index (κ1) is 22.7. The van der Waals surface area contributed by atoms with Crippen LogP contribution in [-0.4, -0.2) is 25.2 Å². The number of halogens is 2. The van der Waals surface area contributed by atoms with Crippen molar-refractivity contribution >= 4 is 50.0 Å². The number of aryl methyl sites for hydroxylation is 1. The third-order valence-electron chi connectivity index (χ3n) is 4.20. The van der Waals surface area contributed by atoms with Crippen LogP contribution in [0.2, 0.25) is 0 Å². The maximum Gasteiger partial charge on any atom is 0.343 e. The van der Waals surface area contributed by atoms with Crippen molar-refractivity contribution in [1.82, 2.24) is 5.43 Å². The van der Waals surface area contributed by atoms with Crippen molar-refractivity contribution in [3.8, 4) is 11.5 Å². The van der Waals surface area contributed by atoms with Crippen LogP contribution in [0, 0.1) is 6.92 Å². The summed E-state index contributed by atoms with van der Waals surface area (Å²) < 4.78 is 12.2. The van der Waals surface area contributed by atoms with Gasteiger partial charge in [-0.1, -0.05) is 39.7 Å². The lowest BCUT2D eigenvalue weighted by molar-refractivity contribution is 0.0728. The highest BCUT2D eigenvalue weighted by Gasteiger charge is 2.16. The minimum atomic E-state index is -0.498. The number of hydrogen-bond donors (Lipinski definition) is 1. The van der Waals surface area contributed by atoms with Gasteiger partial charge in [0.15, 0.2) is 11.5 Å². The van der Waals surface area contributed by atoms with Gasteiger partial charge in [-0.05, 0) is 70.9 Å². The summed E-state index contributed by atoms with van der Waals surface area (Å²) >= 11 is 6.73. The number of ether oxygens (including phenoxy) is 2. The van der Waals surface area contributed by atoms with Crippen molar-refractivity contribution in [2.45, 2.75) is 6.92 Å². The Kier molecular flexibility index (Phi) is 7.59. The van der Waals surface area contributed by atoms with Gasteiger partial charge in [0, 0.05) is 10.0 Å². The van der Waals surface area contributed by atoms with Crippen molar-refractivity contribution in [1.29, 1.82) is 0 Å². The summed E-state index contributed by atoms with van der Waals surface area (Å²) in [5, 5.41) is 3.99. The molecule has 0 heterocycles. The van der Waals surface area contributed by atoms with Crippen molar-refractivity contribution in [2.24, 2.45) is 5.10 Å². The van der Waals surface area contributed by atoms with Gasteiger partial charge in [0.1, 0.15) is 0 Å². The first-order valence-corrected chi connectivity index (χ1v) is 10.7. The first-order chi connectivity index (χ1) is 14.9. The highest BCUT2D eigenvalue weighted by atomic mass is 79.9. The third kappa shape index (κ3) is 6.02. The number of nitrogens with zero attached hydrogens (tertiary/aromatic N) is 1. The molecule has 0 saturated heterocycles. The topological polar surface area (TPSA) is 77.0 Å². The number of methoxy groups -OCH3 is 1. The fourth-order valence-electron chi connectivity index (χ4n) is 2.61. The number of benzene rings is 3. The van der Waals surface area contributed by atoms with Gasteiger partial charge in [-0.15, -0.1) is 0 Å². The number of hydrogen-bond acceptors (Lipinski definition) is 5. The molecule has 0 saturated carbocycles. The molecule has 3 rings (SSSR count). The molecule has 0 fully saturated rings. The zero-order valence-corrected chi connectivity index (χ0v) is 19.9. The summed E-state index contributed by atoms with van der Waals surface area (Å²) in [6.45, 7) is 1.94. The number of nitrogens with one attached hydrogen (secondary N) is 1. The van der Waals surface area contributed by atoms with Crippen molar-refractivity contribution < 1.29 is 19.1 Å². The quantitative estimate of drug-likeness (QED) is 0.192. The Hall–Kier alpha value is -2.97. The van der Waals surface area contributed by atoms with Gasteiger partial charge >= 0.3 is 5.97 Å². The van der Waals surface area contributed by atoms with Gasteiger partial charge in [-0.25, -0.2) is 10.2 Å². The molecule has 1 N–H and O–H groups in total. The molecular formula is C23H18Br2N2O4. The summed E-state index contributed by atoms with van der Waals surface area (Å²) in [4.78, 5) is 24.6. The molecule has 3 aromatic carbocycles. The minimum Gasteiger partial charge on any atom is -0.493 e. The number of esters is 1. The highest BCUT2D eigenvalue weighted by molar-refractivity contribution is 9.10. The van der Waals surface area contributed by atoms with E-state index in [-0.39, 0.29) is 11.7 Å². The summed E-state index contributed by atoms with van der Waals surface area (Å²) in [5.74, 6) is -0.244. The fourth-order valence-corrected chi connectivity index (χ4v) is 3.55. The van der Waals surface area contributed by atoms with Crippen LogP contribution in [0.4, 0.5) is 0 Å². The Morgan fingerprint density at radius 3 is 2.42 bits per heavy atom. The predicted octanol–water partition coefficient (Wildman–Crippen LogP) is 5.51. The molecule has 0 unspecified atom stereocenters. The van der Waals surface area contributed by atoms with Gasteiger partial charge in [-0.2, -0.15) is 5.10 Å². The molecule has 0 aromatic heterocycles. The predicted molar refractivity (Wildman–Crippen MR) is 126 cm³/mol. The van der Waals surface area contributed by atoms with Gasteiger partial charge in [-0.3, -0.25) is 4.79 Å². The number of carbonyl (C=O) groups is 2. The van der Waals surface area contributed by atoms with E-state index in [9.17, 15) is 9.59 Å². The zero-order valence-electron chi connectivity index (χ0n) is 16.7. The smallest absolute Gasteiger partial charge is 0.343 e. The average molecular weight is 546 g/mol. The van der Waals surface area contributed by atoms with Crippen LogP contribution >= 0.6 is 31.9 Å². The molecule has 0 atom stereocenters. The molecule has 3 aromatic rings. The number of carbonyl (C=O) groups excluding carboxylic acids is 2. The van der Waals surface area contributed by atoms with Crippen LogP contribution in [0.1, 0.15) is 31.8 Å². The third-order valence-corrected chi connectivity index (χ3v) is 5.28. The number of rotatable bonds is 6. The molecule has 158 valence electrons. The lowest BCUT2D eigenvalue weighted by Crippen LogP contribution is -2.17. The SMILES string of the molecule is COc1cc(C=NNC(=O)c2cccc(Br)c2)cc(Br)c1OC(=O)c1ccc(C)cc1. The van der Waals surface area contributed by atoms with E-state index in [0.717, 1.165) is 10.0 Å². The van der Waals surface area contributed by atoms with Crippen molar-refractivity contribution in [2.75, 3.05) is 7.11 Å². The minimum absolute atomic E-state index is 0.253. The number of amides is 1. The average Bonchev–Trinajstić information content (AvgIpc) is 2.75. The molecule has 1 amide bonds. The van der Waals surface area contributed by atoms with E-state index < -0.39 is 5.97 Å². The van der Waals surface area contributed by atoms with E-state index >= 15 is 0 Å². The summed E-state index contributed by atoms with van der Waals surface area (Å²) in [7, 11) is 1.47. The Morgan fingerprint density at radius 2 is 1.74 bits per heavy atom. The van der Waals surface area contributed by atoms with Crippen LogP contribution in [0.5, 0.6) is 11.5 Å². The lowest BCUT2D eigenvalue weighted by atomic mass is 10.1. The molecule has 0 spiro atoms. The molecule has 0 aliphatic carbocycles. The van der Waals surface area contributed by atoms with Gasteiger partial charge in [0.25, 0.3) is 5.91 Å². The van der Waals surface area contributed by atoms with Crippen LogP contribution in [0.25, 0.3) is 0 Å². The molecule has 31 heavy (non-hydrogen) atoms. The maximum absolute atomic E-state index is 12.5. The van der Waals surface area contributed by atoms with Gasteiger partial charge in [0.05, 0.1) is 23.4 Å². The fraction of sp³-hybridized carbons (Fsp3) is 0.0870. The second-order valence-electron chi connectivity index (χ2n) is 6.50. The van der Waals surface area contributed by atoms with E-state index in [2.05, 4.69) is 42.4 Å². The summed E-state index contributed by atoms with van der Waals surface area (Å²) in [6, 6.07) is 17.4. The van der Waals surface area contributed by atoms with Crippen LogP contribution in [0.15, 0.2) is 74.7 Å². The monoisotopic (exact) mass is 544 g/mol. The largest absolute Gasteiger partial charge is 0.493 e. The zero-order chi connectivity index (χ0) is 22.4. The van der Waals surface area contributed by atoms with Gasteiger partial charge < -0.3 is 9.47 Å². The van der Waals surface area contributed by atoms with E-state index in [0.29, 0.717) is 26.9 Å². The van der Waals surface area contributed by atoms with E-state index in [4.69, 9.17) is 9.47 Å². The summed E-state index contributed by atoms with van der Waals surface area (Å²) in [5.41, 5.74) is 5.06. The Labute approximate surface area is 196 Å². The molecular weight excluding hydrogens is 528 g/mol. The molecule has 0 aliphatic heterocycles. The Bertz CT molecular complexity index is 1140. The lowest BCUT2D eigenvalue weighted by Gasteiger charge is -2.12. The van der Waals surface area contributed by atoms with Crippen LogP contribution in [-0.2, 0) is 0 Å². The maximum atomic E-state index is 12.5. The number of hydrazone groups is 1. The molecule has 0 aliphatic rings. The molecule has 0 bridgehead atoms. The Morgan fingerprint density at radius 1 is 1.00 bits per heavy atom. The Balaban J connectivity index is 1.74. The van der Waals surface area contributed by atoms with Crippen LogP contribution < -0.4 is 14.9 Å². The van der Waals surface area contributed by atoms with E-state index in [1.807, 2.05) is 25.1 Å². The second-order valence-corrected chi connectivity index (χ2v) is 8.27. The first-order valence-electron chi connectivity index (χ1n) is 9.12. The normalized spacial score (nSPS) is 10.7.